The second-order valence-electron chi connectivity index (χ2n) is 7.12. The van der Waals surface area contributed by atoms with Crippen LogP contribution in [0.3, 0.4) is 0 Å². The van der Waals surface area contributed by atoms with Crippen molar-refractivity contribution in [3.63, 3.8) is 0 Å². The van der Waals surface area contributed by atoms with Crippen molar-refractivity contribution in [2.45, 2.75) is 17.4 Å². The highest BCUT2D eigenvalue weighted by molar-refractivity contribution is 7.89. The van der Waals surface area contributed by atoms with E-state index in [0.29, 0.717) is 6.42 Å². The van der Waals surface area contributed by atoms with Crippen LogP contribution >= 0.6 is 0 Å². The molecule has 0 saturated carbocycles. The minimum Gasteiger partial charge on any atom is -0.497 e. The number of rotatable bonds is 6. The van der Waals surface area contributed by atoms with E-state index in [-0.39, 0.29) is 10.9 Å². The molecule has 1 unspecified atom stereocenters. The summed E-state index contributed by atoms with van der Waals surface area (Å²) in [7, 11) is -0.494. The van der Waals surface area contributed by atoms with Gasteiger partial charge >= 0.3 is 0 Å². The summed E-state index contributed by atoms with van der Waals surface area (Å²) < 4.78 is 34.1. The van der Waals surface area contributed by atoms with Crippen molar-refractivity contribution in [1.82, 2.24) is 0 Å². The maximum Gasteiger partial charge on any atom is 0.238 e. The van der Waals surface area contributed by atoms with Crippen LogP contribution in [0.5, 0.6) is 11.5 Å². The molecule has 4 rings (SSSR count). The highest BCUT2D eigenvalue weighted by Crippen LogP contribution is 2.38. The number of sulfonamides is 1. The fraction of sp³-hybridized carbons (Fsp3) is 0.174. The lowest BCUT2D eigenvalue weighted by molar-refractivity contribution is 0.414. The van der Waals surface area contributed by atoms with Gasteiger partial charge in [-0.05, 0) is 54.1 Å². The molecule has 0 aromatic heterocycles. The van der Waals surface area contributed by atoms with Crippen molar-refractivity contribution in [2.24, 2.45) is 10.2 Å². The van der Waals surface area contributed by atoms with Gasteiger partial charge in [-0.3, -0.25) is 5.01 Å². The van der Waals surface area contributed by atoms with Crippen molar-refractivity contribution in [2.75, 3.05) is 19.2 Å². The molecule has 7 nitrogen and oxygen atoms in total. The quantitative estimate of drug-likeness (QED) is 0.634. The number of nitrogens with two attached hydrogens (primary N) is 1. The molecule has 1 atom stereocenters. The number of hydrogen-bond acceptors (Lipinski definition) is 6. The average molecular weight is 438 g/mol. The second-order valence-corrected chi connectivity index (χ2v) is 8.68. The van der Waals surface area contributed by atoms with Gasteiger partial charge < -0.3 is 9.47 Å². The molecule has 0 bridgehead atoms. The Labute approximate surface area is 181 Å². The van der Waals surface area contributed by atoms with E-state index in [1.54, 1.807) is 26.4 Å². The zero-order valence-corrected chi connectivity index (χ0v) is 18.0. The number of nitrogens with zero attached hydrogens (tertiary/aromatic N) is 2. The Bertz CT molecular complexity index is 1210. The number of primary sulfonamides is 1. The van der Waals surface area contributed by atoms with E-state index in [4.69, 9.17) is 19.7 Å². The van der Waals surface area contributed by atoms with Crippen LogP contribution < -0.4 is 19.6 Å². The van der Waals surface area contributed by atoms with Crippen molar-refractivity contribution >= 4 is 21.4 Å². The third-order valence-corrected chi connectivity index (χ3v) is 6.19. The number of hydrazone groups is 1. The molecule has 3 aromatic rings. The molecule has 0 spiro atoms. The van der Waals surface area contributed by atoms with Gasteiger partial charge in [0.1, 0.15) is 11.5 Å². The Hall–Kier alpha value is -3.36. The smallest absolute Gasteiger partial charge is 0.238 e. The van der Waals surface area contributed by atoms with Crippen LogP contribution in [0, 0.1) is 0 Å². The summed E-state index contributed by atoms with van der Waals surface area (Å²) in [6.07, 6.45) is 0.656. The maximum atomic E-state index is 11.6. The third-order valence-electron chi connectivity index (χ3n) is 5.26. The van der Waals surface area contributed by atoms with E-state index in [2.05, 4.69) is 0 Å². The monoisotopic (exact) mass is 437 g/mol. The molecule has 31 heavy (non-hydrogen) atoms. The van der Waals surface area contributed by atoms with Crippen molar-refractivity contribution in [3.05, 3.63) is 83.9 Å². The Morgan fingerprint density at radius 1 is 0.935 bits per heavy atom. The molecule has 1 aliphatic heterocycles. The van der Waals surface area contributed by atoms with E-state index in [1.165, 1.54) is 12.1 Å². The maximum absolute atomic E-state index is 11.6. The van der Waals surface area contributed by atoms with E-state index >= 15 is 0 Å². The second kappa shape index (κ2) is 8.41. The van der Waals surface area contributed by atoms with E-state index in [0.717, 1.165) is 34.0 Å². The number of benzene rings is 3. The zero-order chi connectivity index (χ0) is 22.0. The molecule has 0 saturated heterocycles. The van der Waals surface area contributed by atoms with Crippen molar-refractivity contribution < 1.29 is 17.9 Å². The summed E-state index contributed by atoms with van der Waals surface area (Å²) in [5, 5.41) is 12.0. The summed E-state index contributed by atoms with van der Waals surface area (Å²) >= 11 is 0. The van der Waals surface area contributed by atoms with E-state index in [9.17, 15) is 8.42 Å². The molecule has 8 heteroatoms. The van der Waals surface area contributed by atoms with E-state index in [1.807, 2.05) is 53.5 Å². The fourth-order valence-electron chi connectivity index (χ4n) is 3.67. The molecule has 0 aliphatic carbocycles. The Morgan fingerprint density at radius 2 is 1.61 bits per heavy atom. The van der Waals surface area contributed by atoms with Gasteiger partial charge in [0, 0.05) is 12.0 Å². The van der Waals surface area contributed by atoms with Gasteiger partial charge in [-0.25, -0.2) is 13.6 Å². The summed E-state index contributed by atoms with van der Waals surface area (Å²) in [5.74, 6) is 1.53. The van der Waals surface area contributed by atoms with Crippen molar-refractivity contribution in [1.29, 1.82) is 0 Å². The van der Waals surface area contributed by atoms with Gasteiger partial charge in [0.15, 0.2) is 0 Å². The molecule has 3 aromatic carbocycles. The average Bonchev–Trinajstić information content (AvgIpc) is 3.24. The molecule has 160 valence electrons. The Kier molecular flexibility index (Phi) is 5.67. The molecule has 0 amide bonds. The van der Waals surface area contributed by atoms with E-state index < -0.39 is 10.0 Å². The first-order valence-electron chi connectivity index (χ1n) is 9.67. The van der Waals surface area contributed by atoms with Crippen LogP contribution in [0.15, 0.2) is 82.8 Å². The third kappa shape index (κ3) is 4.26. The highest BCUT2D eigenvalue weighted by Gasteiger charge is 2.31. The molecule has 1 aliphatic rings. The lowest BCUT2D eigenvalue weighted by Crippen LogP contribution is -2.19. The van der Waals surface area contributed by atoms with Gasteiger partial charge in [0.2, 0.25) is 10.0 Å². The van der Waals surface area contributed by atoms with Crippen LogP contribution in [0.1, 0.15) is 23.6 Å². The SMILES string of the molecule is COc1ccc(C2CC(c3ccccc3OC)=NN2c2ccc(S(N)(=O)=O)cc2)cc1. The van der Waals surface area contributed by atoms with Crippen LogP contribution in [0.2, 0.25) is 0 Å². The summed E-state index contributed by atoms with van der Waals surface area (Å²) in [4.78, 5) is 0.0605. The molecular formula is C23H23N3O4S. The standard InChI is InChI=1S/C23H23N3O4S/c1-29-18-11-7-16(8-12-18)22-15-21(20-5-3-4-6-23(20)30-2)25-26(22)17-9-13-19(14-10-17)31(24,27)28/h3-14,22H,15H2,1-2H3,(H2,24,27,28). The molecular weight excluding hydrogens is 414 g/mol. The first-order valence-corrected chi connectivity index (χ1v) is 11.2. The van der Waals surface area contributed by atoms with Crippen LogP contribution in [0.4, 0.5) is 5.69 Å². The first kappa shape index (κ1) is 20.9. The van der Waals surface area contributed by atoms with Gasteiger partial charge in [-0.1, -0.05) is 24.3 Å². The van der Waals surface area contributed by atoms with Gasteiger partial charge in [-0.2, -0.15) is 5.10 Å². The van der Waals surface area contributed by atoms with Gasteiger partial charge in [0.25, 0.3) is 0 Å². The van der Waals surface area contributed by atoms with Crippen molar-refractivity contribution in [3.8, 4) is 11.5 Å². The summed E-state index contributed by atoms with van der Waals surface area (Å²) in [5.41, 5.74) is 3.63. The predicted octanol–water partition coefficient (Wildman–Crippen LogP) is 3.71. The fourth-order valence-corrected chi connectivity index (χ4v) is 4.18. The summed E-state index contributed by atoms with van der Waals surface area (Å²) in [6.45, 7) is 0. The molecule has 1 heterocycles. The topological polar surface area (TPSA) is 94.2 Å². The largest absolute Gasteiger partial charge is 0.497 e. The lowest BCUT2D eigenvalue weighted by atomic mass is 9.97. The van der Waals surface area contributed by atoms with Crippen LogP contribution in [-0.4, -0.2) is 28.3 Å². The van der Waals surface area contributed by atoms with Crippen LogP contribution in [0.25, 0.3) is 0 Å². The minimum atomic E-state index is -3.76. The Balaban J connectivity index is 1.76. The predicted molar refractivity (Wildman–Crippen MR) is 120 cm³/mol. The number of para-hydroxylation sites is 1. The number of ether oxygens (including phenoxy) is 2. The number of anilines is 1. The van der Waals surface area contributed by atoms with Gasteiger partial charge in [0.05, 0.1) is 36.6 Å². The Morgan fingerprint density at radius 3 is 2.23 bits per heavy atom. The summed E-state index contributed by atoms with van der Waals surface area (Å²) in [6, 6.07) is 21.9. The normalized spacial score (nSPS) is 16.2. The van der Waals surface area contributed by atoms with Crippen LogP contribution in [-0.2, 0) is 10.0 Å². The zero-order valence-electron chi connectivity index (χ0n) is 17.2. The minimum absolute atomic E-state index is 0.0605. The van der Waals surface area contributed by atoms with Gasteiger partial charge in [-0.15, -0.1) is 0 Å². The highest BCUT2D eigenvalue weighted by atomic mass is 32.2. The lowest BCUT2D eigenvalue weighted by Gasteiger charge is -2.24. The number of methoxy groups -OCH3 is 2. The molecule has 0 fully saturated rings. The molecule has 2 N–H and O–H groups in total. The molecule has 0 radical (unpaired) electrons. The number of hydrogen-bond donors (Lipinski definition) is 1. The first-order chi connectivity index (χ1) is 14.9.